The first-order valence-corrected chi connectivity index (χ1v) is 7.19. The van der Waals surface area contributed by atoms with E-state index in [9.17, 15) is 14.7 Å². The minimum absolute atomic E-state index is 0.378. The highest BCUT2D eigenvalue weighted by atomic mass is 16.5. The quantitative estimate of drug-likeness (QED) is 0.893. The van der Waals surface area contributed by atoms with Crippen molar-refractivity contribution in [3.63, 3.8) is 0 Å². The molecule has 114 valence electrons. The van der Waals surface area contributed by atoms with Crippen LogP contribution in [0.25, 0.3) is 0 Å². The van der Waals surface area contributed by atoms with Gasteiger partial charge in [0.05, 0.1) is 12.7 Å². The third-order valence-corrected chi connectivity index (χ3v) is 4.07. The van der Waals surface area contributed by atoms with E-state index >= 15 is 0 Å². The number of hydrogen-bond acceptors (Lipinski definition) is 3. The van der Waals surface area contributed by atoms with E-state index in [1.807, 2.05) is 13.0 Å². The average molecular weight is 291 g/mol. The summed E-state index contributed by atoms with van der Waals surface area (Å²) in [4.78, 5) is 24.1. The van der Waals surface area contributed by atoms with E-state index in [1.165, 1.54) is 7.11 Å². The summed E-state index contributed by atoms with van der Waals surface area (Å²) in [5.74, 6) is -0.892. The number of benzene rings is 1. The normalized spacial score (nSPS) is 17.0. The number of aryl methyl sites for hydroxylation is 1. The minimum Gasteiger partial charge on any atom is -0.496 e. The Balaban J connectivity index is 2.27. The van der Waals surface area contributed by atoms with E-state index in [0.29, 0.717) is 24.2 Å². The molecule has 0 heterocycles. The van der Waals surface area contributed by atoms with Crippen molar-refractivity contribution in [2.24, 2.45) is 0 Å². The van der Waals surface area contributed by atoms with Crippen LogP contribution in [0.3, 0.4) is 0 Å². The number of ether oxygens (including phenoxy) is 1. The van der Waals surface area contributed by atoms with Crippen LogP contribution in [-0.2, 0) is 4.79 Å². The lowest BCUT2D eigenvalue weighted by atomic mass is 9.81. The smallest absolute Gasteiger partial charge is 0.329 e. The molecule has 1 saturated carbocycles. The van der Waals surface area contributed by atoms with Crippen LogP contribution in [0.4, 0.5) is 0 Å². The van der Waals surface area contributed by atoms with Gasteiger partial charge in [0.2, 0.25) is 0 Å². The number of hydrogen-bond donors (Lipinski definition) is 2. The Morgan fingerprint density at radius 1 is 1.24 bits per heavy atom. The number of carboxylic acids is 1. The molecular formula is C16H21NO4. The van der Waals surface area contributed by atoms with Crippen LogP contribution in [0.15, 0.2) is 18.2 Å². The van der Waals surface area contributed by atoms with Crippen molar-refractivity contribution in [1.82, 2.24) is 5.32 Å². The molecule has 2 N–H and O–H groups in total. The maximum absolute atomic E-state index is 12.5. The molecule has 0 bridgehead atoms. The molecule has 1 aromatic carbocycles. The summed E-state index contributed by atoms with van der Waals surface area (Å²) in [5.41, 5.74) is 0.155. The molecule has 0 radical (unpaired) electrons. The number of carbonyl (C=O) groups is 2. The van der Waals surface area contributed by atoms with Crippen LogP contribution in [0.1, 0.15) is 48.0 Å². The Hall–Kier alpha value is -2.04. The fraction of sp³-hybridized carbons (Fsp3) is 0.500. The van der Waals surface area contributed by atoms with Crippen LogP contribution in [0.2, 0.25) is 0 Å². The molecule has 0 unspecified atom stereocenters. The second-order valence-electron chi connectivity index (χ2n) is 5.61. The first kappa shape index (κ1) is 15.4. The van der Waals surface area contributed by atoms with E-state index in [-0.39, 0.29) is 5.91 Å². The number of methoxy groups -OCH3 is 1. The zero-order chi connectivity index (χ0) is 15.5. The van der Waals surface area contributed by atoms with Crippen molar-refractivity contribution in [2.75, 3.05) is 7.11 Å². The van der Waals surface area contributed by atoms with Crippen molar-refractivity contribution in [3.8, 4) is 5.75 Å². The Morgan fingerprint density at radius 3 is 2.48 bits per heavy atom. The molecule has 5 heteroatoms. The van der Waals surface area contributed by atoms with Gasteiger partial charge in [-0.1, -0.05) is 30.9 Å². The third kappa shape index (κ3) is 3.17. The summed E-state index contributed by atoms with van der Waals surface area (Å²) >= 11 is 0. The van der Waals surface area contributed by atoms with Crippen LogP contribution in [0.5, 0.6) is 5.75 Å². The number of carbonyl (C=O) groups excluding carboxylic acids is 1. The molecule has 0 spiro atoms. The Labute approximate surface area is 124 Å². The summed E-state index contributed by atoms with van der Waals surface area (Å²) in [7, 11) is 1.50. The van der Waals surface area contributed by atoms with E-state index < -0.39 is 11.5 Å². The topological polar surface area (TPSA) is 75.6 Å². The summed E-state index contributed by atoms with van der Waals surface area (Å²) in [5, 5.41) is 12.3. The van der Waals surface area contributed by atoms with Crippen LogP contribution < -0.4 is 10.1 Å². The molecule has 1 aliphatic carbocycles. The molecule has 1 amide bonds. The monoisotopic (exact) mass is 291 g/mol. The van der Waals surface area contributed by atoms with Gasteiger partial charge >= 0.3 is 5.97 Å². The SMILES string of the molecule is COc1ccc(C)cc1C(=O)NC1(C(=O)O)CCCCC1. The molecule has 1 aliphatic rings. The van der Waals surface area contributed by atoms with Crippen molar-refractivity contribution in [1.29, 1.82) is 0 Å². The van der Waals surface area contributed by atoms with Crippen molar-refractivity contribution >= 4 is 11.9 Å². The molecule has 1 aromatic rings. The van der Waals surface area contributed by atoms with E-state index in [1.54, 1.807) is 12.1 Å². The van der Waals surface area contributed by atoms with Crippen molar-refractivity contribution in [3.05, 3.63) is 29.3 Å². The number of nitrogens with one attached hydrogen (secondary N) is 1. The summed E-state index contributed by atoms with van der Waals surface area (Å²) in [6.07, 6.45) is 3.60. The molecule has 0 atom stereocenters. The van der Waals surface area contributed by atoms with E-state index in [0.717, 1.165) is 24.8 Å². The van der Waals surface area contributed by atoms with Gasteiger partial charge in [0.25, 0.3) is 5.91 Å². The lowest BCUT2D eigenvalue weighted by Gasteiger charge is -2.34. The lowest BCUT2D eigenvalue weighted by molar-refractivity contribution is -0.145. The second kappa shape index (κ2) is 6.16. The first-order chi connectivity index (χ1) is 9.98. The van der Waals surface area contributed by atoms with Gasteiger partial charge < -0.3 is 15.2 Å². The van der Waals surface area contributed by atoms with Gasteiger partial charge in [-0.2, -0.15) is 0 Å². The summed E-state index contributed by atoms with van der Waals surface area (Å²) < 4.78 is 5.20. The van der Waals surface area contributed by atoms with Gasteiger partial charge in [-0.15, -0.1) is 0 Å². The predicted molar refractivity (Wildman–Crippen MR) is 78.6 cm³/mol. The highest BCUT2D eigenvalue weighted by Gasteiger charge is 2.41. The van der Waals surface area contributed by atoms with Crippen molar-refractivity contribution < 1.29 is 19.4 Å². The maximum Gasteiger partial charge on any atom is 0.329 e. The predicted octanol–water partition coefficient (Wildman–Crippen LogP) is 2.52. The average Bonchev–Trinajstić information content (AvgIpc) is 2.48. The number of carboxylic acid groups (broad SMARTS) is 1. The van der Waals surface area contributed by atoms with Gasteiger partial charge in [-0.3, -0.25) is 4.79 Å². The van der Waals surface area contributed by atoms with Gasteiger partial charge in [-0.05, 0) is 31.9 Å². The van der Waals surface area contributed by atoms with E-state index in [2.05, 4.69) is 5.32 Å². The standard InChI is InChI=1S/C16H21NO4/c1-11-6-7-13(21-2)12(10-11)14(18)17-16(15(19)20)8-4-3-5-9-16/h6-7,10H,3-5,8-9H2,1-2H3,(H,17,18)(H,19,20). The number of aliphatic carboxylic acids is 1. The Bertz CT molecular complexity index is 547. The molecular weight excluding hydrogens is 270 g/mol. The van der Waals surface area contributed by atoms with Gasteiger partial charge in [-0.25, -0.2) is 4.79 Å². The third-order valence-electron chi connectivity index (χ3n) is 4.07. The van der Waals surface area contributed by atoms with Crippen molar-refractivity contribution in [2.45, 2.75) is 44.6 Å². The zero-order valence-electron chi connectivity index (χ0n) is 12.4. The highest BCUT2D eigenvalue weighted by Crippen LogP contribution is 2.30. The molecule has 5 nitrogen and oxygen atoms in total. The molecule has 21 heavy (non-hydrogen) atoms. The lowest BCUT2D eigenvalue weighted by Crippen LogP contribution is -2.55. The van der Waals surface area contributed by atoms with Gasteiger partial charge in [0.1, 0.15) is 11.3 Å². The van der Waals surface area contributed by atoms with E-state index in [4.69, 9.17) is 4.74 Å². The number of rotatable bonds is 4. The zero-order valence-corrected chi connectivity index (χ0v) is 12.4. The summed E-state index contributed by atoms with van der Waals surface area (Å²) in [6, 6.07) is 5.29. The molecule has 2 rings (SSSR count). The van der Waals surface area contributed by atoms with Gasteiger partial charge in [0.15, 0.2) is 0 Å². The maximum atomic E-state index is 12.5. The Morgan fingerprint density at radius 2 is 1.90 bits per heavy atom. The van der Waals surface area contributed by atoms with Crippen LogP contribution in [0, 0.1) is 6.92 Å². The van der Waals surface area contributed by atoms with Crippen LogP contribution >= 0.6 is 0 Å². The fourth-order valence-electron chi connectivity index (χ4n) is 2.83. The molecule has 1 fully saturated rings. The molecule has 0 aromatic heterocycles. The number of amides is 1. The minimum atomic E-state index is -1.15. The largest absolute Gasteiger partial charge is 0.496 e. The van der Waals surface area contributed by atoms with Crippen LogP contribution in [-0.4, -0.2) is 29.6 Å². The Kier molecular flexibility index (Phi) is 4.50. The molecule has 0 saturated heterocycles. The van der Waals surface area contributed by atoms with Gasteiger partial charge in [0, 0.05) is 0 Å². The highest BCUT2D eigenvalue weighted by molar-refractivity contribution is 6.00. The fourth-order valence-corrected chi connectivity index (χ4v) is 2.83. The first-order valence-electron chi connectivity index (χ1n) is 7.19. The second-order valence-corrected chi connectivity index (χ2v) is 5.61. The molecule has 0 aliphatic heterocycles. The summed E-state index contributed by atoms with van der Waals surface area (Å²) in [6.45, 7) is 1.88.